The highest BCUT2D eigenvalue weighted by Gasteiger charge is 2.26. The quantitative estimate of drug-likeness (QED) is 0.821. The average molecular weight is 278 g/mol. The molecule has 2 rings (SSSR count). The van der Waals surface area contributed by atoms with Crippen molar-refractivity contribution in [3.63, 3.8) is 0 Å². The summed E-state index contributed by atoms with van der Waals surface area (Å²) in [6.07, 6.45) is 2.11. The van der Waals surface area contributed by atoms with Crippen LogP contribution in [0.25, 0.3) is 6.08 Å². The maximum absolute atomic E-state index is 13.0. The minimum Gasteiger partial charge on any atom is -0.367 e. The molecular weight excluding hydrogens is 263 g/mol. The molecule has 0 aliphatic carbocycles. The molecular formula is C14H15FN2O3. The number of carbonyl (C=O) groups is 2. The van der Waals surface area contributed by atoms with Crippen LogP contribution >= 0.6 is 0 Å². The molecule has 106 valence electrons. The number of primary amides is 1. The van der Waals surface area contributed by atoms with E-state index in [1.807, 2.05) is 0 Å². The molecule has 1 aromatic rings. The summed E-state index contributed by atoms with van der Waals surface area (Å²) >= 11 is 0. The first-order valence-electron chi connectivity index (χ1n) is 6.20. The number of nitrogens with zero attached hydrogens (tertiary/aromatic N) is 1. The van der Waals surface area contributed by atoms with E-state index in [1.165, 1.54) is 29.2 Å². The Balaban J connectivity index is 1.99. The molecule has 1 fully saturated rings. The van der Waals surface area contributed by atoms with Crippen LogP contribution < -0.4 is 5.73 Å². The van der Waals surface area contributed by atoms with Crippen molar-refractivity contribution >= 4 is 17.9 Å². The van der Waals surface area contributed by atoms with Gasteiger partial charge in [-0.3, -0.25) is 9.59 Å². The molecule has 0 unspecified atom stereocenters. The van der Waals surface area contributed by atoms with Crippen LogP contribution in [-0.4, -0.2) is 42.5 Å². The first-order chi connectivity index (χ1) is 9.56. The van der Waals surface area contributed by atoms with Crippen LogP contribution in [0.4, 0.5) is 4.39 Å². The van der Waals surface area contributed by atoms with Gasteiger partial charge in [0.15, 0.2) is 6.10 Å². The zero-order chi connectivity index (χ0) is 14.5. The molecule has 0 spiro atoms. The van der Waals surface area contributed by atoms with Gasteiger partial charge in [0.1, 0.15) is 5.82 Å². The molecule has 6 heteroatoms. The normalized spacial score (nSPS) is 19.2. The van der Waals surface area contributed by atoms with Gasteiger partial charge in [0, 0.05) is 12.6 Å². The molecule has 1 heterocycles. The van der Waals surface area contributed by atoms with Crippen LogP contribution in [0.2, 0.25) is 0 Å². The Kier molecular flexibility index (Phi) is 4.47. The topological polar surface area (TPSA) is 72.6 Å². The number of benzene rings is 1. The van der Waals surface area contributed by atoms with Crippen LogP contribution in [0.3, 0.4) is 0 Å². The van der Waals surface area contributed by atoms with Gasteiger partial charge in [-0.2, -0.15) is 0 Å². The summed E-state index contributed by atoms with van der Waals surface area (Å²) in [6.45, 7) is 0.810. The fraction of sp³-hybridized carbons (Fsp3) is 0.286. The molecule has 0 bridgehead atoms. The highest BCUT2D eigenvalue weighted by atomic mass is 19.1. The van der Waals surface area contributed by atoms with Crippen LogP contribution in [0.15, 0.2) is 30.3 Å². The van der Waals surface area contributed by atoms with Crippen molar-refractivity contribution in [1.82, 2.24) is 4.90 Å². The molecule has 20 heavy (non-hydrogen) atoms. The lowest BCUT2D eigenvalue weighted by Gasteiger charge is -2.30. The van der Waals surface area contributed by atoms with E-state index in [-0.39, 0.29) is 24.9 Å². The van der Waals surface area contributed by atoms with Gasteiger partial charge in [-0.25, -0.2) is 4.39 Å². The zero-order valence-electron chi connectivity index (χ0n) is 10.8. The van der Waals surface area contributed by atoms with Crippen molar-refractivity contribution in [1.29, 1.82) is 0 Å². The Morgan fingerprint density at radius 1 is 1.45 bits per heavy atom. The van der Waals surface area contributed by atoms with Gasteiger partial charge in [0.25, 0.3) is 0 Å². The van der Waals surface area contributed by atoms with Gasteiger partial charge < -0.3 is 15.4 Å². The number of ether oxygens (including phenoxy) is 1. The number of rotatable bonds is 3. The molecule has 1 atom stereocenters. The molecule has 0 radical (unpaired) electrons. The van der Waals surface area contributed by atoms with Gasteiger partial charge in [0.2, 0.25) is 11.8 Å². The minimum absolute atomic E-state index is 0.141. The summed E-state index contributed by atoms with van der Waals surface area (Å²) in [5.41, 5.74) is 5.75. The Bertz CT molecular complexity index is 545. The number of morpholine rings is 1. The lowest BCUT2D eigenvalue weighted by atomic mass is 10.2. The summed E-state index contributed by atoms with van der Waals surface area (Å²) in [5.74, 6) is -1.21. The largest absolute Gasteiger partial charge is 0.367 e. The van der Waals surface area contributed by atoms with Crippen molar-refractivity contribution in [2.75, 3.05) is 19.7 Å². The van der Waals surface area contributed by atoms with E-state index in [0.29, 0.717) is 12.1 Å². The fourth-order valence-corrected chi connectivity index (χ4v) is 1.90. The van der Waals surface area contributed by atoms with Crippen LogP contribution in [0.1, 0.15) is 5.56 Å². The van der Waals surface area contributed by atoms with Crippen LogP contribution in [-0.2, 0) is 14.3 Å². The highest BCUT2D eigenvalue weighted by Crippen LogP contribution is 2.08. The van der Waals surface area contributed by atoms with Gasteiger partial charge in [-0.1, -0.05) is 12.1 Å². The zero-order valence-corrected chi connectivity index (χ0v) is 10.8. The molecule has 1 aliphatic rings. The average Bonchev–Trinajstić information content (AvgIpc) is 2.45. The standard InChI is InChI=1S/C14H15FN2O3/c15-11-3-1-2-10(8-11)4-5-13(18)17-6-7-20-12(9-17)14(16)19/h1-5,8,12H,6-7,9H2,(H2,16,19)/b5-4+/t12-/m0/s1. The van der Waals surface area contributed by atoms with E-state index >= 15 is 0 Å². The number of hydrogen-bond acceptors (Lipinski definition) is 3. The molecule has 2 amide bonds. The third-order valence-corrected chi connectivity index (χ3v) is 2.96. The summed E-state index contributed by atoms with van der Waals surface area (Å²) in [7, 11) is 0. The van der Waals surface area contributed by atoms with E-state index in [1.54, 1.807) is 12.1 Å². The molecule has 2 N–H and O–H groups in total. The minimum atomic E-state index is -0.768. The van der Waals surface area contributed by atoms with Crippen molar-refractivity contribution in [2.45, 2.75) is 6.10 Å². The van der Waals surface area contributed by atoms with E-state index in [4.69, 9.17) is 10.5 Å². The second-order valence-corrected chi connectivity index (χ2v) is 4.43. The number of amides is 2. The predicted octanol–water partition coefficient (Wildman–Crippen LogP) is 0.552. The van der Waals surface area contributed by atoms with Crippen LogP contribution in [0.5, 0.6) is 0 Å². The maximum atomic E-state index is 13.0. The van der Waals surface area contributed by atoms with E-state index in [2.05, 4.69) is 0 Å². The van der Waals surface area contributed by atoms with Crippen molar-refractivity contribution < 1.29 is 18.7 Å². The second-order valence-electron chi connectivity index (χ2n) is 4.43. The lowest BCUT2D eigenvalue weighted by molar-refractivity contribution is -0.142. The lowest BCUT2D eigenvalue weighted by Crippen LogP contribution is -2.50. The molecule has 1 aromatic carbocycles. The molecule has 1 aliphatic heterocycles. The van der Waals surface area contributed by atoms with Gasteiger partial charge >= 0.3 is 0 Å². The monoisotopic (exact) mass is 278 g/mol. The maximum Gasteiger partial charge on any atom is 0.248 e. The first-order valence-corrected chi connectivity index (χ1v) is 6.20. The highest BCUT2D eigenvalue weighted by molar-refractivity contribution is 5.92. The smallest absolute Gasteiger partial charge is 0.248 e. The Morgan fingerprint density at radius 2 is 2.25 bits per heavy atom. The molecule has 5 nitrogen and oxygen atoms in total. The molecule has 1 saturated heterocycles. The fourth-order valence-electron chi connectivity index (χ4n) is 1.90. The summed E-state index contributed by atoms with van der Waals surface area (Å²) in [4.78, 5) is 24.5. The summed E-state index contributed by atoms with van der Waals surface area (Å²) in [6, 6.07) is 5.92. The number of nitrogens with two attached hydrogens (primary N) is 1. The number of halogens is 1. The van der Waals surface area contributed by atoms with Gasteiger partial charge in [0.05, 0.1) is 13.2 Å². The Morgan fingerprint density at radius 3 is 2.95 bits per heavy atom. The summed E-state index contributed by atoms with van der Waals surface area (Å²) < 4.78 is 18.1. The van der Waals surface area contributed by atoms with Gasteiger partial charge in [-0.05, 0) is 23.8 Å². The number of carbonyl (C=O) groups excluding carboxylic acids is 2. The first kappa shape index (κ1) is 14.2. The van der Waals surface area contributed by atoms with Crippen molar-refractivity contribution in [2.24, 2.45) is 5.73 Å². The van der Waals surface area contributed by atoms with Crippen LogP contribution in [0, 0.1) is 5.82 Å². The summed E-state index contributed by atoms with van der Waals surface area (Å²) in [5, 5.41) is 0. The third kappa shape index (κ3) is 3.64. The number of hydrogen-bond donors (Lipinski definition) is 1. The predicted molar refractivity (Wildman–Crippen MR) is 70.9 cm³/mol. The van der Waals surface area contributed by atoms with E-state index in [0.717, 1.165) is 0 Å². The Labute approximate surface area is 115 Å². The van der Waals surface area contributed by atoms with E-state index in [9.17, 15) is 14.0 Å². The third-order valence-electron chi connectivity index (χ3n) is 2.96. The van der Waals surface area contributed by atoms with E-state index < -0.39 is 12.0 Å². The SMILES string of the molecule is NC(=O)[C@@H]1CN(C(=O)/C=C/c2cccc(F)c2)CCO1. The van der Waals surface area contributed by atoms with Gasteiger partial charge in [-0.15, -0.1) is 0 Å². The van der Waals surface area contributed by atoms with Crippen molar-refractivity contribution in [3.05, 3.63) is 41.7 Å². The second kappa shape index (κ2) is 6.29. The molecule has 0 saturated carbocycles. The molecule has 0 aromatic heterocycles. The van der Waals surface area contributed by atoms with Crippen molar-refractivity contribution in [3.8, 4) is 0 Å². The Hall–Kier alpha value is -2.21.